The second-order valence-corrected chi connectivity index (χ2v) is 2.82. The molecule has 0 bridgehead atoms. The van der Waals surface area contributed by atoms with E-state index >= 15 is 0 Å². The van der Waals surface area contributed by atoms with E-state index in [1.807, 2.05) is 12.1 Å². The van der Waals surface area contributed by atoms with Crippen LogP contribution in [-0.2, 0) is 13.1 Å². The van der Waals surface area contributed by atoms with Crippen LogP contribution in [0.5, 0.6) is 0 Å². The SMILES string of the molecule is [B]C(=O)NCc1ccc(CN=O)cc1. The maximum Gasteiger partial charge on any atom is 0.200 e. The van der Waals surface area contributed by atoms with E-state index in [9.17, 15) is 9.70 Å². The average molecular weight is 188 g/mol. The summed E-state index contributed by atoms with van der Waals surface area (Å²) in [5.74, 6) is -0.552. The zero-order chi connectivity index (χ0) is 10.4. The molecule has 1 aromatic rings. The standard InChI is InChI=1S/C9H9BN2O2/c10-9(13)11-5-7-1-3-8(4-2-7)6-12-14/h1-4H,5-6H2,(H,11,13). The molecule has 1 aromatic carbocycles. The van der Waals surface area contributed by atoms with Crippen molar-refractivity contribution in [3.05, 3.63) is 40.3 Å². The number of rotatable bonds is 4. The van der Waals surface area contributed by atoms with Gasteiger partial charge in [-0.1, -0.05) is 29.4 Å². The molecule has 0 unspecified atom stereocenters. The Hall–Kier alpha value is -1.65. The van der Waals surface area contributed by atoms with Crippen LogP contribution >= 0.6 is 0 Å². The number of hydrogen-bond acceptors (Lipinski definition) is 3. The van der Waals surface area contributed by atoms with Crippen molar-refractivity contribution in [1.29, 1.82) is 0 Å². The largest absolute Gasteiger partial charge is 0.362 e. The lowest BCUT2D eigenvalue weighted by Gasteiger charge is -2.02. The highest BCUT2D eigenvalue weighted by atomic mass is 16.3. The van der Waals surface area contributed by atoms with Crippen LogP contribution in [0.15, 0.2) is 29.4 Å². The van der Waals surface area contributed by atoms with Crippen molar-refractivity contribution >= 4 is 13.7 Å². The molecule has 14 heavy (non-hydrogen) atoms. The summed E-state index contributed by atoms with van der Waals surface area (Å²) in [6.07, 6.45) is 0. The first kappa shape index (κ1) is 10.4. The topological polar surface area (TPSA) is 58.5 Å². The van der Waals surface area contributed by atoms with Gasteiger partial charge in [0.05, 0.1) is 0 Å². The lowest BCUT2D eigenvalue weighted by atomic mass is 10.1. The highest BCUT2D eigenvalue weighted by molar-refractivity contribution is 6.57. The van der Waals surface area contributed by atoms with Crippen LogP contribution in [0.2, 0.25) is 0 Å². The van der Waals surface area contributed by atoms with E-state index in [4.69, 9.17) is 7.85 Å². The van der Waals surface area contributed by atoms with Gasteiger partial charge in [0.25, 0.3) is 0 Å². The molecule has 4 nitrogen and oxygen atoms in total. The van der Waals surface area contributed by atoms with Crippen molar-refractivity contribution in [2.24, 2.45) is 5.18 Å². The average Bonchev–Trinajstić information content (AvgIpc) is 2.17. The highest BCUT2D eigenvalue weighted by Gasteiger charge is 1.95. The minimum absolute atomic E-state index is 0.170. The molecular formula is C9H9BN2O2. The highest BCUT2D eigenvalue weighted by Crippen LogP contribution is 2.05. The van der Waals surface area contributed by atoms with Crippen LogP contribution in [0.25, 0.3) is 0 Å². The van der Waals surface area contributed by atoms with Crippen LogP contribution < -0.4 is 5.32 Å². The normalized spacial score (nSPS) is 9.43. The first-order valence-corrected chi connectivity index (χ1v) is 4.12. The van der Waals surface area contributed by atoms with Crippen molar-refractivity contribution in [2.45, 2.75) is 13.1 Å². The molecule has 1 rings (SSSR count). The third-order valence-corrected chi connectivity index (χ3v) is 1.74. The van der Waals surface area contributed by atoms with Gasteiger partial charge in [-0.3, -0.25) is 4.79 Å². The maximum absolute atomic E-state index is 10.4. The first-order valence-electron chi connectivity index (χ1n) is 4.12. The van der Waals surface area contributed by atoms with Crippen molar-refractivity contribution < 1.29 is 4.79 Å². The van der Waals surface area contributed by atoms with E-state index in [1.165, 1.54) is 0 Å². The minimum Gasteiger partial charge on any atom is -0.362 e. The molecule has 70 valence electrons. The molecule has 1 N–H and O–H groups in total. The smallest absolute Gasteiger partial charge is 0.200 e. The number of benzene rings is 1. The van der Waals surface area contributed by atoms with Gasteiger partial charge < -0.3 is 5.32 Å². The zero-order valence-electron chi connectivity index (χ0n) is 7.56. The maximum atomic E-state index is 10.4. The zero-order valence-corrected chi connectivity index (χ0v) is 7.56. The number of nitrogens with zero attached hydrogens (tertiary/aromatic N) is 1. The molecular weight excluding hydrogens is 179 g/mol. The molecule has 0 aliphatic carbocycles. The van der Waals surface area contributed by atoms with Gasteiger partial charge in [0.15, 0.2) is 5.81 Å². The van der Waals surface area contributed by atoms with Gasteiger partial charge in [-0.15, -0.1) is 0 Å². The Kier molecular flexibility index (Phi) is 3.85. The van der Waals surface area contributed by atoms with Crippen LogP contribution in [-0.4, -0.2) is 13.7 Å². The van der Waals surface area contributed by atoms with Crippen LogP contribution in [0, 0.1) is 4.91 Å². The van der Waals surface area contributed by atoms with E-state index in [2.05, 4.69) is 10.5 Å². The van der Waals surface area contributed by atoms with Crippen molar-refractivity contribution in [2.75, 3.05) is 0 Å². The summed E-state index contributed by atoms with van der Waals surface area (Å²) < 4.78 is 0. The van der Waals surface area contributed by atoms with Crippen LogP contribution in [0.1, 0.15) is 11.1 Å². The van der Waals surface area contributed by atoms with Gasteiger partial charge in [0.1, 0.15) is 6.54 Å². The Morgan fingerprint density at radius 1 is 1.29 bits per heavy atom. The number of carbonyl (C=O) groups is 1. The minimum atomic E-state index is -0.552. The molecule has 0 saturated heterocycles. The third-order valence-electron chi connectivity index (χ3n) is 1.74. The molecule has 0 aromatic heterocycles. The van der Waals surface area contributed by atoms with E-state index in [0.29, 0.717) is 6.54 Å². The lowest BCUT2D eigenvalue weighted by molar-refractivity contribution is 0.259. The first-order chi connectivity index (χ1) is 6.72. The predicted octanol–water partition coefficient (Wildman–Crippen LogP) is 1.33. The molecule has 2 radical (unpaired) electrons. The molecule has 0 saturated carbocycles. The van der Waals surface area contributed by atoms with Gasteiger partial charge in [-0.05, 0) is 11.1 Å². The summed E-state index contributed by atoms with van der Waals surface area (Å²) in [6.45, 7) is 0.563. The van der Waals surface area contributed by atoms with Crippen LogP contribution in [0.3, 0.4) is 0 Å². The van der Waals surface area contributed by atoms with Gasteiger partial charge in [-0.25, -0.2) is 0 Å². The number of carbonyl (C=O) groups excluding carboxylic acids is 1. The van der Waals surface area contributed by atoms with Crippen LogP contribution in [0.4, 0.5) is 4.79 Å². The van der Waals surface area contributed by atoms with Gasteiger partial charge in [0, 0.05) is 6.54 Å². The summed E-state index contributed by atoms with van der Waals surface area (Å²) in [6, 6.07) is 7.21. The molecule has 0 atom stereocenters. The predicted molar refractivity (Wildman–Crippen MR) is 53.9 cm³/mol. The second kappa shape index (κ2) is 5.16. The van der Waals surface area contributed by atoms with E-state index in [1.54, 1.807) is 12.1 Å². The molecule has 5 heteroatoms. The van der Waals surface area contributed by atoms with Crippen molar-refractivity contribution in [1.82, 2.24) is 5.32 Å². The van der Waals surface area contributed by atoms with E-state index in [0.717, 1.165) is 11.1 Å². The number of amides is 1. The van der Waals surface area contributed by atoms with Gasteiger partial charge >= 0.3 is 0 Å². The summed E-state index contributed by atoms with van der Waals surface area (Å²) in [5, 5.41) is 5.24. The summed E-state index contributed by atoms with van der Waals surface area (Å²) >= 11 is 0. The Bertz CT molecular complexity index is 324. The molecule has 0 heterocycles. The van der Waals surface area contributed by atoms with Crippen molar-refractivity contribution in [3.8, 4) is 0 Å². The number of nitroso groups, excluding NO2 is 1. The molecule has 0 fully saturated rings. The second-order valence-electron chi connectivity index (χ2n) is 2.82. The number of nitrogens with one attached hydrogen (secondary N) is 1. The summed E-state index contributed by atoms with van der Waals surface area (Å²) in [7, 11) is 4.91. The van der Waals surface area contributed by atoms with Gasteiger partial charge in [-0.2, -0.15) is 4.91 Å². The summed E-state index contributed by atoms with van der Waals surface area (Å²) in [5.41, 5.74) is 1.78. The quantitative estimate of drug-likeness (QED) is 0.572. The fourth-order valence-corrected chi connectivity index (χ4v) is 1.03. The molecule has 0 spiro atoms. The molecule has 1 amide bonds. The van der Waals surface area contributed by atoms with E-state index in [-0.39, 0.29) is 6.54 Å². The lowest BCUT2D eigenvalue weighted by Crippen LogP contribution is -2.20. The third kappa shape index (κ3) is 3.39. The fourth-order valence-electron chi connectivity index (χ4n) is 1.03. The van der Waals surface area contributed by atoms with E-state index < -0.39 is 5.81 Å². The summed E-state index contributed by atoms with van der Waals surface area (Å²) in [4.78, 5) is 20.3. The number of hydrogen-bond donors (Lipinski definition) is 1. The fraction of sp³-hybridized carbons (Fsp3) is 0.222. The molecule has 0 aliphatic heterocycles. The Morgan fingerprint density at radius 3 is 2.36 bits per heavy atom. The Morgan fingerprint density at radius 2 is 1.86 bits per heavy atom. The molecule has 0 aliphatic rings. The van der Waals surface area contributed by atoms with Crippen molar-refractivity contribution in [3.63, 3.8) is 0 Å². The Labute approximate surface area is 83.1 Å². The Balaban J connectivity index is 2.54. The monoisotopic (exact) mass is 188 g/mol. The van der Waals surface area contributed by atoms with Gasteiger partial charge in [0.2, 0.25) is 7.85 Å².